The summed E-state index contributed by atoms with van der Waals surface area (Å²) < 4.78 is 5.28. The van der Waals surface area contributed by atoms with Crippen LogP contribution in [0.4, 0.5) is 0 Å². The highest BCUT2D eigenvalue weighted by Gasteiger charge is 2.27. The molecule has 1 amide bonds. The summed E-state index contributed by atoms with van der Waals surface area (Å²) in [5, 5.41) is 0. The van der Waals surface area contributed by atoms with Crippen molar-refractivity contribution in [1.82, 2.24) is 4.90 Å². The molecule has 2 atom stereocenters. The minimum Gasteiger partial charge on any atom is -0.392 e. The predicted molar refractivity (Wildman–Crippen MR) is 62.6 cm³/mol. The maximum Gasteiger partial charge on any atom is 0.228 e. The molecule has 0 radical (unpaired) electrons. The molecule has 1 aliphatic rings. The molecule has 2 N–H and O–H groups in total. The smallest absolute Gasteiger partial charge is 0.228 e. The van der Waals surface area contributed by atoms with Gasteiger partial charge < -0.3 is 15.4 Å². The second-order valence-corrected chi connectivity index (χ2v) is 4.41. The van der Waals surface area contributed by atoms with Gasteiger partial charge in [0.25, 0.3) is 0 Å². The molecule has 1 rings (SSSR count). The van der Waals surface area contributed by atoms with Gasteiger partial charge in [0.15, 0.2) is 0 Å². The summed E-state index contributed by atoms with van der Waals surface area (Å²) in [6, 6.07) is -0.186. The van der Waals surface area contributed by atoms with E-state index >= 15 is 0 Å². The third-order valence-corrected chi connectivity index (χ3v) is 3.19. The van der Waals surface area contributed by atoms with Gasteiger partial charge >= 0.3 is 0 Å². The van der Waals surface area contributed by atoms with Gasteiger partial charge in [0.1, 0.15) is 0 Å². The van der Waals surface area contributed by atoms with E-state index in [4.69, 9.17) is 22.7 Å². The topological polar surface area (TPSA) is 55.6 Å². The number of rotatable bonds is 3. The standard InChI is InChI=1S/C10H18N2O2S/c1-7(9(11)15)12(2)10(13)8-4-3-5-14-6-8/h7-8H,3-6H2,1-2H3,(H2,11,15). The van der Waals surface area contributed by atoms with E-state index in [1.807, 2.05) is 6.92 Å². The Morgan fingerprint density at radius 2 is 2.33 bits per heavy atom. The van der Waals surface area contributed by atoms with E-state index in [1.54, 1.807) is 11.9 Å². The lowest BCUT2D eigenvalue weighted by Crippen LogP contribution is -2.46. The Morgan fingerprint density at radius 1 is 1.67 bits per heavy atom. The fourth-order valence-electron chi connectivity index (χ4n) is 1.61. The van der Waals surface area contributed by atoms with Crippen molar-refractivity contribution in [2.45, 2.75) is 25.8 Å². The lowest BCUT2D eigenvalue weighted by Gasteiger charge is -2.30. The van der Waals surface area contributed by atoms with Crippen LogP contribution in [0.5, 0.6) is 0 Å². The third kappa shape index (κ3) is 3.14. The van der Waals surface area contributed by atoms with Crippen molar-refractivity contribution in [3.63, 3.8) is 0 Å². The van der Waals surface area contributed by atoms with E-state index in [2.05, 4.69) is 0 Å². The van der Waals surface area contributed by atoms with Gasteiger partial charge in [-0.3, -0.25) is 4.79 Å². The maximum absolute atomic E-state index is 12.0. The Bertz CT molecular complexity index is 252. The number of hydrogen-bond donors (Lipinski definition) is 1. The minimum absolute atomic E-state index is 0.0273. The average Bonchev–Trinajstić information content (AvgIpc) is 2.27. The summed E-state index contributed by atoms with van der Waals surface area (Å²) >= 11 is 4.87. The average molecular weight is 230 g/mol. The molecular weight excluding hydrogens is 212 g/mol. The second-order valence-electron chi connectivity index (χ2n) is 3.94. The lowest BCUT2D eigenvalue weighted by atomic mass is 10.0. The number of likely N-dealkylation sites (N-methyl/N-ethyl adjacent to an activating group) is 1. The van der Waals surface area contributed by atoms with Gasteiger partial charge in [0.05, 0.1) is 23.6 Å². The molecule has 5 heteroatoms. The van der Waals surface area contributed by atoms with Gasteiger partial charge in [-0.25, -0.2) is 0 Å². The largest absolute Gasteiger partial charge is 0.392 e. The van der Waals surface area contributed by atoms with Crippen molar-refractivity contribution in [1.29, 1.82) is 0 Å². The van der Waals surface area contributed by atoms with Crippen LogP contribution in [-0.4, -0.2) is 42.1 Å². The molecule has 86 valence electrons. The zero-order chi connectivity index (χ0) is 11.4. The van der Waals surface area contributed by atoms with Crippen LogP contribution in [0.3, 0.4) is 0 Å². The number of amides is 1. The van der Waals surface area contributed by atoms with Gasteiger partial charge in [-0.05, 0) is 19.8 Å². The van der Waals surface area contributed by atoms with Crippen molar-refractivity contribution in [2.75, 3.05) is 20.3 Å². The van der Waals surface area contributed by atoms with Crippen LogP contribution < -0.4 is 5.73 Å². The molecule has 1 aliphatic heterocycles. The number of nitrogens with zero attached hydrogens (tertiary/aromatic N) is 1. The molecule has 1 heterocycles. The zero-order valence-electron chi connectivity index (χ0n) is 9.23. The fraction of sp³-hybridized carbons (Fsp3) is 0.800. The lowest BCUT2D eigenvalue weighted by molar-refractivity contribution is -0.139. The van der Waals surface area contributed by atoms with Crippen LogP contribution in [0, 0.1) is 5.92 Å². The SMILES string of the molecule is CC(C(N)=S)N(C)C(=O)C1CCCOC1. The van der Waals surface area contributed by atoms with Crippen LogP contribution in [0.25, 0.3) is 0 Å². The fourth-order valence-corrected chi connectivity index (χ4v) is 1.76. The number of carbonyl (C=O) groups is 1. The molecule has 0 aromatic heterocycles. The number of hydrogen-bond acceptors (Lipinski definition) is 3. The Balaban J connectivity index is 2.54. The molecular formula is C10H18N2O2S. The number of thiocarbonyl (C=S) groups is 1. The Morgan fingerprint density at radius 3 is 2.80 bits per heavy atom. The maximum atomic E-state index is 12.0. The Kier molecular flexibility index (Phi) is 4.47. The van der Waals surface area contributed by atoms with Crippen LogP contribution in [-0.2, 0) is 9.53 Å². The summed E-state index contributed by atoms with van der Waals surface area (Å²) in [7, 11) is 1.74. The van der Waals surface area contributed by atoms with Gasteiger partial charge in [-0.2, -0.15) is 0 Å². The van der Waals surface area contributed by atoms with Crippen molar-refractivity contribution < 1.29 is 9.53 Å². The van der Waals surface area contributed by atoms with E-state index < -0.39 is 0 Å². The van der Waals surface area contributed by atoms with E-state index in [0.717, 1.165) is 19.4 Å². The molecule has 0 aromatic carbocycles. The van der Waals surface area contributed by atoms with Gasteiger partial charge in [0.2, 0.25) is 5.91 Å². The highest BCUT2D eigenvalue weighted by Crippen LogP contribution is 2.16. The molecule has 2 unspecified atom stereocenters. The number of ether oxygens (including phenoxy) is 1. The molecule has 0 saturated carbocycles. The summed E-state index contributed by atoms with van der Waals surface area (Å²) in [4.78, 5) is 13.9. The van der Waals surface area contributed by atoms with Crippen molar-refractivity contribution in [3.05, 3.63) is 0 Å². The summed E-state index contributed by atoms with van der Waals surface area (Å²) in [5.41, 5.74) is 5.51. The quantitative estimate of drug-likeness (QED) is 0.719. The number of carbonyl (C=O) groups excluding carboxylic acids is 1. The van der Waals surface area contributed by atoms with Crippen molar-refractivity contribution >= 4 is 23.1 Å². The first-order valence-electron chi connectivity index (χ1n) is 5.17. The molecule has 0 spiro atoms. The van der Waals surface area contributed by atoms with E-state index in [-0.39, 0.29) is 17.9 Å². The van der Waals surface area contributed by atoms with E-state index in [0.29, 0.717) is 11.6 Å². The molecule has 4 nitrogen and oxygen atoms in total. The van der Waals surface area contributed by atoms with Crippen LogP contribution in [0.2, 0.25) is 0 Å². The van der Waals surface area contributed by atoms with Crippen LogP contribution in [0.1, 0.15) is 19.8 Å². The molecule has 1 fully saturated rings. The first kappa shape index (κ1) is 12.4. The van der Waals surface area contributed by atoms with Gasteiger partial charge in [-0.15, -0.1) is 0 Å². The number of nitrogens with two attached hydrogens (primary N) is 1. The third-order valence-electron chi connectivity index (χ3n) is 2.85. The molecule has 0 aliphatic carbocycles. The van der Waals surface area contributed by atoms with E-state index in [9.17, 15) is 4.79 Å². The monoisotopic (exact) mass is 230 g/mol. The summed E-state index contributed by atoms with van der Waals surface area (Å²) in [5.74, 6) is 0.0514. The van der Waals surface area contributed by atoms with Gasteiger partial charge in [0, 0.05) is 13.7 Å². The zero-order valence-corrected chi connectivity index (χ0v) is 10.0. The molecule has 0 bridgehead atoms. The van der Waals surface area contributed by atoms with Gasteiger partial charge in [-0.1, -0.05) is 12.2 Å². The molecule has 15 heavy (non-hydrogen) atoms. The first-order valence-corrected chi connectivity index (χ1v) is 5.58. The highest BCUT2D eigenvalue weighted by atomic mass is 32.1. The first-order chi connectivity index (χ1) is 7.04. The Hall–Kier alpha value is -0.680. The minimum atomic E-state index is -0.186. The molecule has 1 saturated heterocycles. The van der Waals surface area contributed by atoms with Crippen LogP contribution >= 0.6 is 12.2 Å². The summed E-state index contributed by atoms with van der Waals surface area (Å²) in [6.45, 7) is 3.12. The second kappa shape index (κ2) is 5.42. The van der Waals surface area contributed by atoms with Crippen molar-refractivity contribution in [2.24, 2.45) is 11.7 Å². The predicted octanol–water partition coefficient (Wildman–Crippen LogP) is 0.546. The van der Waals surface area contributed by atoms with E-state index in [1.165, 1.54) is 0 Å². The van der Waals surface area contributed by atoms with Crippen LogP contribution in [0.15, 0.2) is 0 Å². The molecule has 0 aromatic rings. The highest BCUT2D eigenvalue weighted by molar-refractivity contribution is 7.80. The van der Waals surface area contributed by atoms with Crippen molar-refractivity contribution in [3.8, 4) is 0 Å². The normalized spacial score (nSPS) is 23.2. The Labute approximate surface area is 95.8 Å². The summed E-state index contributed by atoms with van der Waals surface area (Å²) in [6.07, 6.45) is 1.85.